The number of hydrogen-bond donors (Lipinski definition) is 1. The fourth-order valence-corrected chi connectivity index (χ4v) is 7.64. The molecule has 1 unspecified atom stereocenters. The number of allylic oxidation sites excluding steroid dienone is 2. The van der Waals surface area contributed by atoms with Crippen molar-refractivity contribution in [3.63, 3.8) is 0 Å². The Morgan fingerprint density at radius 2 is 1.47 bits per heavy atom. The fourth-order valence-electron chi connectivity index (χ4n) is 7.64. The van der Waals surface area contributed by atoms with Gasteiger partial charge in [-0.2, -0.15) is 20.2 Å². The molecule has 5 aromatic rings. The number of aryl methyl sites for hydroxylation is 5. The van der Waals surface area contributed by atoms with Crippen molar-refractivity contribution in [2.45, 2.75) is 79.9 Å². The van der Waals surface area contributed by atoms with Crippen LogP contribution in [-0.4, -0.2) is 91.4 Å². The van der Waals surface area contributed by atoms with Crippen LogP contribution in [0.25, 0.3) is 11.0 Å². The molecule has 4 heterocycles. The zero-order valence-electron chi connectivity index (χ0n) is 35.3. The van der Waals surface area contributed by atoms with Crippen LogP contribution in [0.4, 0.5) is 5.69 Å². The van der Waals surface area contributed by atoms with E-state index in [0.717, 1.165) is 52.1 Å². The van der Waals surface area contributed by atoms with Crippen LogP contribution >= 0.6 is 0 Å². The Morgan fingerprint density at radius 3 is 2.05 bits per heavy atom. The summed E-state index contributed by atoms with van der Waals surface area (Å²) in [6, 6.07) is 14.9. The summed E-state index contributed by atoms with van der Waals surface area (Å²) in [6.07, 6.45) is 1.25. The van der Waals surface area contributed by atoms with Crippen LogP contribution < -0.4 is 21.0 Å². The van der Waals surface area contributed by atoms with Crippen LogP contribution in [0.1, 0.15) is 94.7 Å². The summed E-state index contributed by atoms with van der Waals surface area (Å²) in [4.78, 5) is 53.8. The molecule has 0 spiro atoms. The van der Waals surface area contributed by atoms with Gasteiger partial charge in [0.15, 0.2) is 0 Å². The number of nitrogens with two attached hydrogens (primary N) is 1. The van der Waals surface area contributed by atoms with Gasteiger partial charge >= 0.3 is 0 Å². The predicted molar refractivity (Wildman–Crippen MR) is 226 cm³/mol. The molecular formula is C43H55N11O4. The van der Waals surface area contributed by atoms with Crippen LogP contribution in [-0.2, 0) is 26.7 Å². The molecule has 0 saturated heterocycles. The quantitative estimate of drug-likeness (QED) is 0.116. The Bertz CT molecular complexity index is 2530. The van der Waals surface area contributed by atoms with Gasteiger partial charge in [0.25, 0.3) is 11.8 Å². The largest absolute Gasteiger partial charge is 0.493 e. The first-order chi connectivity index (χ1) is 27.6. The van der Waals surface area contributed by atoms with Crippen molar-refractivity contribution in [1.29, 1.82) is 0 Å². The van der Waals surface area contributed by atoms with Gasteiger partial charge in [-0.1, -0.05) is 23.3 Å². The lowest BCUT2D eigenvalue weighted by Crippen LogP contribution is -2.28. The number of aliphatic imine (C=N–C) groups is 1. The van der Waals surface area contributed by atoms with Gasteiger partial charge in [0.1, 0.15) is 23.0 Å². The topological polar surface area (TPSA) is 163 Å². The lowest BCUT2D eigenvalue weighted by Gasteiger charge is -2.19. The molecule has 1 atom stereocenters. The molecule has 2 N–H and O–H groups in total. The highest BCUT2D eigenvalue weighted by atomic mass is 16.5. The molecule has 58 heavy (non-hydrogen) atoms. The zero-order chi connectivity index (χ0) is 42.0. The SMILES string of the molecule is CCn1nc(C)cc1C(=O)N=C1C(C/C(C)=C(\C)Cn2c(=NC(=O)c3cc(C)nn3CC)n(C)c3ccccc32)c2c(OCCCN(C)C)cc(C(N)=O)cc2N1C. The van der Waals surface area contributed by atoms with Crippen molar-refractivity contribution in [1.82, 2.24) is 33.6 Å². The first-order valence-corrected chi connectivity index (χ1v) is 19.7. The number of likely N-dealkylation sites (N-methyl/N-ethyl adjacent to an activating group) is 1. The molecule has 0 bridgehead atoms. The molecule has 2 aromatic carbocycles. The summed E-state index contributed by atoms with van der Waals surface area (Å²) in [5.74, 6) is -0.720. The summed E-state index contributed by atoms with van der Waals surface area (Å²) < 4.78 is 13.8. The van der Waals surface area contributed by atoms with E-state index in [1.165, 1.54) is 0 Å². The van der Waals surface area contributed by atoms with Crippen LogP contribution in [0.3, 0.4) is 0 Å². The van der Waals surface area contributed by atoms with Crippen LogP contribution in [0.5, 0.6) is 5.75 Å². The summed E-state index contributed by atoms with van der Waals surface area (Å²) in [5.41, 5.74) is 14.5. The summed E-state index contributed by atoms with van der Waals surface area (Å²) in [6.45, 7) is 14.5. The number of primary amides is 1. The number of imidazole rings is 1. The highest BCUT2D eigenvalue weighted by molar-refractivity contribution is 6.15. The van der Waals surface area contributed by atoms with E-state index in [4.69, 9.17) is 15.5 Å². The van der Waals surface area contributed by atoms with E-state index >= 15 is 0 Å². The molecule has 1 aliphatic heterocycles. The Balaban J connectivity index is 1.46. The second-order valence-corrected chi connectivity index (χ2v) is 15.3. The van der Waals surface area contributed by atoms with Crippen LogP contribution in [0.15, 0.2) is 69.7 Å². The maximum atomic E-state index is 14.0. The van der Waals surface area contributed by atoms with Gasteiger partial charge in [0, 0.05) is 51.4 Å². The third-order valence-corrected chi connectivity index (χ3v) is 10.7. The van der Waals surface area contributed by atoms with Crippen molar-refractivity contribution < 1.29 is 19.1 Å². The third kappa shape index (κ3) is 8.30. The first-order valence-electron chi connectivity index (χ1n) is 19.7. The smallest absolute Gasteiger partial charge is 0.298 e. The van der Waals surface area contributed by atoms with Gasteiger partial charge < -0.3 is 29.4 Å². The van der Waals surface area contributed by atoms with Gasteiger partial charge in [-0.05, 0) is 105 Å². The normalized spacial score (nSPS) is 15.5. The monoisotopic (exact) mass is 789 g/mol. The molecule has 0 radical (unpaired) electrons. The number of aromatic nitrogens is 6. The summed E-state index contributed by atoms with van der Waals surface area (Å²) >= 11 is 0. The number of nitrogens with zero attached hydrogens (tertiary/aromatic N) is 10. The number of amides is 3. The number of para-hydroxylation sites is 2. The molecule has 0 saturated carbocycles. The number of amidine groups is 1. The minimum Gasteiger partial charge on any atom is -0.493 e. The van der Waals surface area contributed by atoms with Gasteiger partial charge in [-0.25, -0.2) is 0 Å². The standard InChI is InChI=1S/C43H55N11O4/c1-11-53-35(21-28(5)47-53)41(56)45-40-31(38-34(50(40)9)23-30(39(44)55)24-37(38)58-19-15-18-49(7)8)20-26(3)27(4)25-52-33-17-14-13-16-32(33)51(10)43(52)46-42(57)36-22-29(6)48-54(36)12-2/h13-14,16-17,21-24,31H,11-12,15,18-20,25H2,1-10H3,(H2,44,55)/b27-26+,45-40?,46-43?. The average Bonchev–Trinajstić information content (AvgIpc) is 3.91. The number of ether oxygens (including phenoxy) is 1. The third-order valence-electron chi connectivity index (χ3n) is 10.7. The van der Waals surface area contributed by atoms with Crippen molar-refractivity contribution in [3.05, 3.63) is 99.2 Å². The van der Waals surface area contributed by atoms with Crippen molar-refractivity contribution in [2.75, 3.05) is 39.2 Å². The number of rotatable bonds is 14. The maximum Gasteiger partial charge on any atom is 0.298 e. The molecule has 15 heteroatoms. The van der Waals surface area contributed by atoms with E-state index in [9.17, 15) is 14.4 Å². The van der Waals surface area contributed by atoms with Crippen LogP contribution in [0, 0.1) is 13.8 Å². The molecule has 3 amide bonds. The molecular weight excluding hydrogens is 735 g/mol. The highest BCUT2D eigenvalue weighted by Crippen LogP contribution is 2.47. The van der Waals surface area contributed by atoms with E-state index in [0.29, 0.717) is 72.5 Å². The van der Waals surface area contributed by atoms with Crippen molar-refractivity contribution in [2.24, 2.45) is 22.8 Å². The molecule has 15 nitrogen and oxygen atoms in total. The number of carbonyl (C=O) groups is 3. The average molecular weight is 790 g/mol. The minimum atomic E-state index is -0.581. The number of anilines is 1. The van der Waals surface area contributed by atoms with Gasteiger partial charge in [0.2, 0.25) is 11.5 Å². The first kappa shape index (κ1) is 41.5. The van der Waals surface area contributed by atoms with Crippen molar-refractivity contribution in [3.8, 4) is 5.75 Å². The molecule has 0 aliphatic carbocycles. The summed E-state index contributed by atoms with van der Waals surface area (Å²) in [7, 11) is 7.78. The second kappa shape index (κ2) is 17.2. The van der Waals surface area contributed by atoms with Crippen molar-refractivity contribution >= 4 is 40.3 Å². The van der Waals surface area contributed by atoms with E-state index in [1.54, 1.807) is 33.6 Å². The van der Waals surface area contributed by atoms with Gasteiger partial charge in [-0.15, -0.1) is 0 Å². The van der Waals surface area contributed by atoms with E-state index < -0.39 is 17.7 Å². The second-order valence-electron chi connectivity index (χ2n) is 15.3. The Morgan fingerprint density at radius 1 is 0.862 bits per heavy atom. The maximum absolute atomic E-state index is 14.0. The van der Waals surface area contributed by atoms with E-state index in [2.05, 4.69) is 38.5 Å². The molecule has 3 aromatic heterocycles. The number of fused-ring (bicyclic) bond motifs is 2. The number of carbonyl (C=O) groups excluding carboxylic acids is 3. The number of hydrogen-bond acceptors (Lipinski definition) is 7. The molecule has 0 fully saturated rings. The van der Waals surface area contributed by atoms with E-state index in [1.807, 2.05) is 89.6 Å². The van der Waals surface area contributed by atoms with Crippen LogP contribution in [0.2, 0.25) is 0 Å². The fraction of sp³-hybridized carbons (Fsp3) is 0.419. The van der Waals surface area contributed by atoms with Gasteiger partial charge in [0.05, 0.1) is 40.6 Å². The summed E-state index contributed by atoms with van der Waals surface area (Å²) in [5, 5.41) is 8.94. The lowest BCUT2D eigenvalue weighted by atomic mass is 9.90. The van der Waals surface area contributed by atoms with Gasteiger partial charge in [-0.3, -0.25) is 23.7 Å². The lowest BCUT2D eigenvalue weighted by molar-refractivity contribution is 0.0979. The van der Waals surface area contributed by atoms with E-state index in [-0.39, 0.29) is 5.91 Å². The Kier molecular flexibility index (Phi) is 12.3. The molecule has 306 valence electrons. The zero-order valence-corrected chi connectivity index (χ0v) is 35.3. The highest BCUT2D eigenvalue weighted by Gasteiger charge is 2.38. The minimum absolute atomic E-state index is 0.304. The number of benzene rings is 2. The predicted octanol–water partition coefficient (Wildman–Crippen LogP) is 5.40. The Hall–Kier alpha value is -6.09. The Labute approximate surface area is 339 Å². The molecule has 1 aliphatic rings. The molecule has 6 rings (SSSR count).